The van der Waals surface area contributed by atoms with E-state index >= 15 is 0 Å². The number of aromatic nitrogens is 2. The van der Waals surface area contributed by atoms with E-state index in [1.807, 2.05) is 25.1 Å². The summed E-state index contributed by atoms with van der Waals surface area (Å²) in [5.41, 5.74) is 2.41. The molecule has 0 aliphatic rings. The van der Waals surface area contributed by atoms with E-state index in [-0.39, 0.29) is 0 Å². The van der Waals surface area contributed by atoms with Crippen LogP contribution in [0.4, 0.5) is 0 Å². The molecule has 0 saturated carbocycles. The first kappa shape index (κ1) is 16.1. The highest BCUT2D eigenvalue weighted by Crippen LogP contribution is 2.36. The predicted octanol–water partition coefficient (Wildman–Crippen LogP) is 6.22. The number of hydrogen-bond acceptors (Lipinski definition) is 4. The molecule has 3 aromatic rings. The number of benzene rings is 1. The number of fused-ring (bicyclic) bond motifs is 1. The quantitative estimate of drug-likeness (QED) is 0.405. The first-order chi connectivity index (χ1) is 10.5. The Labute approximate surface area is 147 Å². The standard InChI is InChI=1S/C16H14Cl2N2S2/c1-8-9(2)22-16-14(8)15(19-10(3)20-16)21-7-11-4-5-12(17)13(18)6-11/h4-6H,7H2,1-3H3. The number of thioether (sulfide) groups is 1. The highest BCUT2D eigenvalue weighted by atomic mass is 35.5. The van der Waals surface area contributed by atoms with Crippen molar-refractivity contribution in [1.82, 2.24) is 9.97 Å². The Bertz CT molecular complexity index is 859. The number of nitrogens with zero attached hydrogens (tertiary/aromatic N) is 2. The zero-order chi connectivity index (χ0) is 15.9. The molecule has 2 heterocycles. The fourth-order valence-corrected chi connectivity index (χ4v) is 4.73. The fraction of sp³-hybridized carbons (Fsp3) is 0.250. The molecule has 0 N–H and O–H groups in total. The van der Waals surface area contributed by atoms with E-state index in [1.54, 1.807) is 23.1 Å². The first-order valence-electron chi connectivity index (χ1n) is 6.77. The van der Waals surface area contributed by atoms with Crippen LogP contribution < -0.4 is 0 Å². The number of hydrogen-bond donors (Lipinski definition) is 0. The van der Waals surface area contributed by atoms with Crippen molar-refractivity contribution >= 4 is 56.5 Å². The van der Waals surface area contributed by atoms with Gasteiger partial charge in [-0.1, -0.05) is 29.3 Å². The minimum absolute atomic E-state index is 0.583. The molecule has 0 radical (unpaired) electrons. The van der Waals surface area contributed by atoms with Gasteiger partial charge >= 0.3 is 0 Å². The van der Waals surface area contributed by atoms with Crippen molar-refractivity contribution in [3.8, 4) is 0 Å². The number of halogens is 2. The number of aryl methyl sites for hydroxylation is 3. The van der Waals surface area contributed by atoms with Gasteiger partial charge in [-0.05, 0) is 44.0 Å². The van der Waals surface area contributed by atoms with Gasteiger partial charge in [0.05, 0.1) is 10.0 Å². The van der Waals surface area contributed by atoms with Crippen LogP contribution in [0.5, 0.6) is 0 Å². The molecule has 2 aromatic heterocycles. The maximum atomic E-state index is 6.08. The molecule has 2 nitrogen and oxygen atoms in total. The summed E-state index contributed by atoms with van der Waals surface area (Å²) in [5.74, 6) is 1.61. The zero-order valence-corrected chi connectivity index (χ0v) is 15.6. The second-order valence-corrected chi connectivity index (χ2v) is 8.06. The Hall–Kier alpha value is -0.810. The number of thiophene rings is 1. The second-order valence-electron chi connectivity index (χ2n) is 5.08. The molecule has 0 unspecified atom stereocenters. The van der Waals surface area contributed by atoms with Crippen LogP contribution >= 0.6 is 46.3 Å². The molecular formula is C16H14Cl2N2S2. The van der Waals surface area contributed by atoms with E-state index < -0.39 is 0 Å². The van der Waals surface area contributed by atoms with E-state index in [1.165, 1.54) is 15.8 Å². The monoisotopic (exact) mass is 368 g/mol. The topological polar surface area (TPSA) is 25.8 Å². The third-order valence-electron chi connectivity index (χ3n) is 3.47. The van der Waals surface area contributed by atoms with Crippen molar-refractivity contribution in [2.24, 2.45) is 0 Å². The molecule has 0 bridgehead atoms. The van der Waals surface area contributed by atoms with Crippen LogP contribution in [-0.4, -0.2) is 9.97 Å². The molecule has 0 amide bonds. The highest BCUT2D eigenvalue weighted by Gasteiger charge is 2.14. The molecule has 114 valence electrons. The lowest BCUT2D eigenvalue weighted by Gasteiger charge is -2.06. The van der Waals surface area contributed by atoms with E-state index in [9.17, 15) is 0 Å². The molecule has 0 fully saturated rings. The molecule has 6 heteroatoms. The summed E-state index contributed by atoms with van der Waals surface area (Å²) in [6.45, 7) is 6.20. The van der Waals surface area contributed by atoms with Crippen LogP contribution in [0, 0.1) is 20.8 Å². The summed E-state index contributed by atoms with van der Waals surface area (Å²) < 4.78 is 0. The molecule has 1 aromatic carbocycles. The lowest BCUT2D eigenvalue weighted by molar-refractivity contribution is 1.01. The van der Waals surface area contributed by atoms with Crippen molar-refractivity contribution in [3.63, 3.8) is 0 Å². The molecule has 3 rings (SSSR count). The lowest BCUT2D eigenvalue weighted by Crippen LogP contribution is -1.92. The van der Waals surface area contributed by atoms with Gasteiger partial charge in [-0.3, -0.25) is 0 Å². The van der Waals surface area contributed by atoms with Crippen molar-refractivity contribution in [2.45, 2.75) is 31.6 Å². The first-order valence-corrected chi connectivity index (χ1v) is 9.32. The zero-order valence-electron chi connectivity index (χ0n) is 12.4. The summed E-state index contributed by atoms with van der Waals surface area (Å²) in [4.78, 5) is 11.6. The van der Waals surface area contributed by atoms with Crippen molar-refractivity contribution in [1.29, 1.82) is 0 Å². The smallest absolute Gasteiger partial charge is 0.128 e. The van der Waals surface area contributed by atoms with Crippen LogP contribution in [0.3, 0.4) is 0 Å². The van der Waals surface area contributed by atoms with Crippen LogP contribution in [0.2, 0.25) is 10.0 Å². The predicted molar refractivity (Wildman–Crippen MR) is 97.6 cm³/mol. The van der Waals surface area contributed by atoms with Crippen LogP contribution in [-0.2, 0) is 5.75 Å². The van der Waals surface area contributed by atoms with Gasteiger partial charge in [0.15, 0.2) is 0 Å². The maximum Gasteiger partial charge on any atom is 0.128 e. The van der Waals surface area contributed by atoms with Gasteiger partial charge in [-0.2, -0.15) is 0 Å². The van der Waals surface area contributed by atoms with Gasteiger partial charge in [-0.15, -0.1) is 23.1 Å². The van der Waals surface area contributed by atoms with Gasteiger partial charge in [0, 0.05) is 16.0 Å². The van der Waals surface area contributed by atoms with Crippen molar-refractivity contribution in [2.75, 3.05) is 0 Å². The van der Waals surface area contributed by atoms with Crippen molar-refractivity contribution < 1.29 is 0 Å². The van der Waals surface area contributed by atoms with Crippen LogP contribution in [0.1, 0.15) is 21.8 Å². The average Bonchev–Trinajstić information content (AvgIpc) is 2.75. The Morgan fingerprint density at radius 3 is 2.59 bits per heavy atom. The van der Waals surface area contributed by atoms with Gasteiger partial charge in [0.25, 0.3) is 0 Å². The summed E-state index contributed by atoms with van der Waals surface area (Å²) >= 11 is 15.5. The minimum Gasteiger partial charge on any atom is -0.226 e. The lowest BCUT2D eigenvalue weighted by atomic mass is 10.2. The van der Waals surface area contributed by atoms with E-state index in [2.05, 4.69) is 23.8 Å². The normalized spacial score (nSPS) is 11.3. The Morgan fingerprint density at radius 1 is 1.09 bits per heavy atom. The molecule has 0 saturated heterocycles. The van der Waals surface area contributed by atoms with Crippen molar-refractivity contribution in [3.05, 3.63) is 50.1 Å². The van der Waals surface area contributed by atoms with E-state index in [0.29, 0.717) is 10.0 Å². The van der Waals surface area contributed by atoms with Crippen LogP contribution in [0.25, 0.3) is 10.2 Å². The molecule has 0 aliphatic heterocycles. The van der Waals surface area contributed by atoms with Gasteiger partial charge < -0.3 is 0 Å². The van der Waals surface area contributed by atoms with E-state index in [4.69, 9.17) is 23.2 Å². The summed E-state index contributed by atoms with van der Waals surface area (Å²) in [5, 5.41) is 3.39. The van der Waals surface area contributed by atoms with Gasteiger partial charge in [0.1, 0.15) is 15.7 Å². The second kappa shape index (κ2) is 6.36. The van der Waals surface area contributed by atoms with Crippen LogP contribution in [0.15, 0.2) is 23.2 Å². The summed E-state index contributed by atoms with van der Waals surface area (Å²) in [7, 11) is 0. The molecular weight excluding hydrogens is 355 g/mol. The van der Waals surface area contributed by atoms with Gasteiger partial charge in [0.2, 0.25) is 0 Å². The Kier molecular flexibility index (Phi) is 4.64. The number of rotatable bonds is 3. The Balaban J connectivity index is 1.94. The highest BCUT2D eigenvalue weighted by molar-refractivity contribution is 7.98. The summed E-state index contributed by atoms with van der Waals surface area (Å²) in [6, 6.07) is 5.74. The molecule has 0 aliphatic carbocycles. The third-order valence-corrected chi connectivity index (χ3v) is 6.35. The minimum atomic E-state index is 0.583. The fourth-order valence-electron chi connectivity index (χ4n) is 2.20. The molecule has 0 spiro atoms. The summed E-state index contributed by atoms with van der Waals surface area (Å²) in [6.07, 6.45) is 0. The molecule has 0 atom stereocenters. The molecule has 22 heavy (non-hydrogen) atoms. The average molecular weight is 369 g/mol. The largest absolute Gasteiger partial charge is 0.226 e. The van der Waals surface area contributed by atoms with E-state index in [0.717, 1.165) is 27.0 Å². The third kappa shape index (κ3) is 3.11. The SMILES string of the molecule is Cc1nc(SCc2ccc(Cl)c(Cl)c2)c2c(C)c(C)sc2n1. The van der Waals surface area contributed by atoms with Gasteiger partial charge in [-0.25, -0.2) is 9.97 Å². The Morgan fingerprint density at radius 2 is 1.86 bits per heavy atom. The maximum absolute atomic E-state index is 6.08.